The Hall–Kier alpha value is -0.650. The Morgan fingerprint density at radius 2 is 1.85 bits per heavy atom. The summed E-state index contributed by atoms with van der Waals surface area (Å²) in [6.45, 7) is 8.10. The molecule has 3 N–H and O–H groups in total. The van der Waals surface area contributed by atoms with Gasteiger partial charge < -0.3 is 11.1 Å². The highest BCUT2D eigenvalue weighted by atomic mass is 16.1. The summed E-state index contributed by atoms with van der Waals surface area (Å²) in [7, 11) is 0. The normalized spacial score (nSPS) is 28.2. The first-order valence-corrected chi connectivity index (χ1v) is 8.17. The summed E-state index contributed by atoms with van der Waals surface area (Å²) in [6.07, 6.45) is 5.03. The number of rotatable bonds is 7. The zero-order chi connectivity index (χ0) is 14.2. The van der Waals surface area contributed by atoms with Crippen molar-refractivity contribution in [1.82, 2.24) is 15.1 Å². The molecule has 5 nitrogen and oxygen atoms in total. The van der Waals surface area contributed by atoms with E-state index in [0.29, 0.717) is 5.92 Å². The number of hydrogen-bond donors (Lipinski definition) is 2. The number of piperazine rings is 1. The molecular formula is C15H28N4O. The second-order valence-corrected chi connectivity index (χ2v) is 6.68. The smallest absolute Gasteiger partial charge is 0.239 e. The molecule has 1 aliphatic heterocycles. The van der Waals surface area contributed by atoms with E-state index in [-0.39, 0.29) is 5.91 Å². The Kier molecular flexibility index (Phi) is 4.02. The number of primary amides is 1. The van der Waals surface area contributed by atoms with Gasteiger partial charge in [0, 0.05) is 38.8 Å². The molecule has 1 unspecified atom stereocenters. The average molecular weight is 280 g/mol. The van der Waals surface area contributed by atoms with Crippen LogP contribution in [0.1, 0.15) is 32.6 Å². The first-order valence-electron chi connectivity index (χ1n) is 8.17. The monoisotopic (exact) mass is 280 g/mol. The maximum Gasteiger partial charge on any atom is 0.239 e. The molecule has 2 saturated carbocycles. The summed E-state index contributed by atoms with van der Waals surface area (Å²) in [4.78, 5) is 17.1. The number of carbonyl (C=O) groups excluding carboxylic acids is 1. The van der Waals surface area contributed by atoms with Crippen LogP contribution in [0, 0.1) is 5.92 Å². The molecule has 0 aromatic carbocycles. The molecule has 0 radical (unpaired) electrons. The van der Waals surface area contributed by atoms with Crippen molar-refractivity contribution in [1.29, 1.82) is 0 Å². The summed E-state index contributed by atoms with van der Waals surface area (Å²) >= 11 is 0. The highest BCUT2D eigenvalue weighted by Gasteiger charge is 2.50. The van der Waals surface area contributed by atoms with E-state index in [1.165, 1.54) is 12.8 Å². The van der Waals surface area contributed by atoms with Gasteiger partial charge in [-0.15, -0.1) is 0 Å². The molecule has 1 saturated heterocycles. The van der Waals surface area contributed by atoms with Crippen molar-refractivity contribution in [3.63, 3.8) is 0 Å². The van der Waals surface area contributed by atoms with Crippen molar-refractivity contribution in [2.75, 3.05) is 39.3 Å². The summed E-state index contributed by atoms with van der Waals surface area (Å²) in [5, 5.41) is 3.42. The molecule has 20 heavy (non-hydrogen) atoms. The second-order valence-electron chi connectivity index (χ2n) is 6.68. The van der Waals surface area contributed by atoms with Gasteiger partial charge in [0.2, 0.25) is 5.91 Å². The van der Waals surface area contributed by atoms with Crippen LogP contribution in [-0.2, 0) is 4.79 Å². The zero-order valence-corrected chi connectivity index (χ0v) is 12.6. The topological polar surface area (TPSA) is 61.6 Å². The fraction of sp³-hybridized carbons (Fsp3) is 0.933. The molecule has 1 atom stereocenters. The number of nitrogens with one attached hydrogen (secondary N) is 1. The molecule has 1 heterocycles. The van der Waals surface area contributed by atoms with Crippen molar-refractivity contribution in [2.45, 2.75) is 44.2 Å². The Labute approximate surface area is 121 Å². The summed E-state index contributed by atoms with van der Waals surface area (Å²) < 4.78 is 0. The van der Waals surface area contributed by atoms with Crippen LogP contribution >= 0.6 is 0 Å². The molecule has 0 aromatic rings. The van der Waals surface area contributed by atoms with Gasteiger partial charge in [0.15, 0.2) is 0 Å². The Morgan fingerprint density at radius 3 is 2.30 bits per heavy atom. The van der Waals surface area contributed by atoms with Crippen LogP contribution in [-0.4, -0.2) is 66.6 Å². The van der Waals surface area contributed by atoms with E-state index in [1.807, 2.05) is 0 Å². The van der Waals surface area contributed by atoms with Crippen LogP contribution in [0.5, 0.6) is 0 Å². The molecule has 3 aliphatic rings. The minimum Gasteiger partial charge on any atom is -0.368 e. The Morgan fingerprint density at radius 1 is 1.20 bits per heavy atom. The number of nitrogens with zero attached hydrogens (tertiary/aromatic N) is 2. The Bertz CT molecular complexity index is 359. The fourth-order valence-electron chi connectivity index (χ4n) is 3.67. The van der Waals surface area contributed by atoms with Crippen LogP contribution in [0.2, 0.25) is 0 Å². The lowest BCUT2D eigenvalue weighted by Gasteiger charge is -2.41. The predicted molar refractivity (Wildman–Crippen MR) is 79.4 cm³/mol. The van der Waals surface area contributed by atoms with Crippen LogP contribution in [0.25, 0.3) is 0 Å². The van der Waals surface area contributed by atoms with Crippen molar-refractivity contribution < 1.29 is 4.79 Å². The molecule has 0 bridgehead atoms. The van der Waals surface area contributed by atoms with Crippen LogP contribution in [0.4, 0.5) is 0 Å². The van der Waals surface area contributed by atoms with Gasteiger partial charge in [0.1, 0.15) is 5.54 Å². The van der Waals surface area contributed by atoms with Gasteiger partial charge in [-0.2, -0.15) is 0 Å². The van der Waals surface area contributed by atoms with Gasteiger partial charge in [-0.25, -0.2) is 0 Å². The van der Waals surface area contributed by atoms with E-state index >= 15 is 0 Å². The van der Waals surface area contributed by atoms with E-state index in [4.69, 9.17) is 5.73 Å². The minimum atomic E-state index is -0.490. The van der Waals surface area contributed by atoms with Gasteiger partial charge in [-0.1, -0.05) is 6.92 Å². The fourth-order valence-corrected chi connectivity index (χ4v) is 3.67. The van der Waals surface area contributed by atoms with Crippen molar-refractivity contribution in [3.05, 3.63) is 0 Å². The van der Waals surface area contributed by atoms with E-state index in [1.54, 1.807) is 0 Å². The predicted octanol–water partition coefficient (Wildman–Crippen LogP) is 0.0100. The van der Waals surface area contributed by atoms with Crippen LogP contribution in [0.15, 0.2) is 0 Å². The average Bonchev–Trinajstić information content (AvgIpc) is 3.30. The maximum atomic E-state index is 12.1. The van der Waals surface area contributed by atoms with E-state index in [9.17, 15) is 4.79 Å². The highest BCUT2D eigenvalue weighted by molar-refractivity contribution is 5.86. The van der Waals surface area contributed by atoms with E-state index < -0.39 is 5.54 Å². The van der Waals surface area contributed by atoms with Gasteiger partial charge in [0.25, 0.3) is 0 Å². The third kappa shape index (κ3) is 2.85. The number of nitrogens with two attached hydrogens (primary N) is 1. The summed E-state index contributed by atoms with van der Waals surface area (Å²) in [5.74, 6) is 0.285. The van der Waals surface area contributed by atoms with Crippen LogP contribution < -0.4 is 11.1 Å². The molecule has 3 fully saturated rings. The summed E-state index contributed by atoms with van der Waals surface area (Å²) in [5.41, 5.74) is 5.27. The molecule has 2 aliphatic carbocycles. The Balaban J connectivity index is 1.59. The lowest BCUT2D eigenvalue weighted by atomic mass is 9.91. The second kappa shape index (κ2) is 5.62. The largest absolute Gasteiger partial charge is 0.368 e. The van der Waals surface area contributed by atoms with E-state index in [0.717, 1.165) is 58.2 Å². The molecule has 5 heteroatoms. The molecular weight excluding hydrogens is 252 g/mol. The van der Waals surface area contributed by atoms with E-state index in [2.05, 4.69) is 22.0 Å². The third-order valence-electron chi connectivity index (χ3n) is 5.15. The lowest BCUT2D eigenvalue weighted by Crippen LogP contribution is -2.64. The van der Waals surface area contributed by atoms with Crippen molar-refractivity contribution in [2.24, 2.45) is 11.7 Å². The van der Waals surface area contributed by atoms with Gasteiger partial charge in [0.05, 0.1) is 0 Å². The molecule has 0 aromatic heterocycles. The molecule has 114 valence electrons. The number of hydrogen-bond acceptors (Lipinski definition) is 4. The maximum absolute atomic E-state index is 12.1. The molecule has 0 spiro atoms. The first-order chi connectivity index (χ1) is 9.65. The number of amides is 1. The SMILES string of the molecule is CCNC(CN1CCN(C2CC2)CC1)(C(N)=O)C1CC1. The van der Waals surface area contributed by atoms with Crippen LogP contribution in [0.3, 0.4) is 0 Å². The van der Waals surface area contributed by atoms with Crippen molar-refractivity contribution in [3.8, 4) is 0 Å². The van der Waals surface area contributed by atoms with Gasteiger partial charge in [-0.05, 0) is 38.1 Å². The van der Waals surface area contributed by atoms with Gasteiger partial charge >= 0.3 is 0 Å². The van der Waals surface area contributed by atoms with Gasteiger partial charge in [-0.3, -0.25) is 14.6 Å². The number of carbonyl (C=O) groups is 1. The molecule has 3 rings (SSSR count). The minimum absolute atomic E-state index is 0.161. The standard InChI is InChI=1S/C15H28N4O/c1-2-17-15(14(16)20,12-3-4-12)11-18-7-9-19(10-8-18)13-5-6-13/h12-13,17H,2-11H2,1H3,(H2,16,20). The summed E-state index contributed by atoms with van der Waals surface area (Å²) in [6, 6.07) is 0.857. The zero-order valence-electron chi connectivity index (χ0n) is 12.6. The quantitative estimate of drug-likeness (QED) is 0.690. The third-order valence-corrected chi connectivity index (χ3v) is 5.15. The lowest BCUT2D eigenvalue weighted by molar-refractivity contribution is -0.126. The molecule has 1 amide bonds. The number of likely N-dealkylation sites (N-methyl/N-ethyl adjacent to an activating group) is 1. The van der Waals surface area contributed by atoms with Crippen molar-refractivity contribution >= 4 is 5.91 Å². The first kappa shape index (κ1) is 14.3. The highest BCUT2D eigenvalue weighted by Crippen LogP contribution is 2.40.